The Balaban J connectivity index is 1.25. The minimum Gasteiger partial charge on any atom is -0.424 e. The largest absolute Gasteiger partial charge is 0.424 e. The number of aromatic nitrogens is 3. The van der Waals surface area contributed by atoms with E-state index in [1.807, 2.05) is 0 Å². The van der Waals surface area contributed by atoms with Crippen LogP contribution >= 0.6 is 11.3 Å². The highest BCUT2D eigenvalue weighted by Gasteiger charge is 2.44. The SMILES string of the molecule is N#CC1(CC(=O)Cc2nnc(Cc3nc4cc(N5CCCC5)ccc4s3)o2)CC1. The molecule has 148 valence electrons. The number of nitrogens with zero attached hydrogens (tertiary/aromatic N) is 5. The Labute approximate surface area is 172 Å². The van der Waals surface area contributed by atoms with Crippen LogP contribution in [0.2, 0.25) is 0 Å². The van der Waals surface area contributed by atoms with Gasteiger partial charge < -0.3 is 9.32 Å². The number of hydrogen-bond acceptors (Lipinski definition) is 8. The number of Topliss-reactive ketones (excluding diaryl/α,β-unsaturated/α-hetero) is 1. The molecule has 1 saturated carbocycles. The van der Waals surface area contributed by atoms with E-state index in [9.17, 15) is 4.79 Å². The van der Waals surface area contributed by atoms with Crippen molar-refractivity contribution in [1.29, 1.82) is 5.26 Å². The Morgan fingerprint density at radius 2 is 2.03 bits per heavy atom. The van der Waals surface area contributed by atoms with Crippen molar-refractivity contribution in [2.24, 2.45) is 5.41 Å². The van der Waals surface area contributed by atoms with Crippen LogP contribution in [0.15, 0.2) is 22.6 Å². The summed E-state index contributed by atoms with van der Waals surface area (Å²) in [4.78, 5) is 19.3. The van der Waals surface area contributed by atoms with Gasteiger partial charge in [-0.2, -0.15) is 5.26 Å². The summed E-state index contributed by atoms with van der Waals surface area (Å²) in [5.74, 6) is 0.762. The highest BCUT2D eigenvalue weighted by molar-refractivity contribution is 7.18. The molecule has 5 rings (SSSR count). The third-order valence-corrected chi connectivity index (χ3v) is 6.71. The molecule has 0 bridgehead atoms. The maximum Gasteiger partial charge on any atom is 0.223 e. The highest BCUT2D eigenvalue weighted by Crippen LogP contribution is 2.48. The quantitative estimate of drug-likeness (QED) is 0.589. The number of fused-ring (bicyclic) bond motifs is 1. The van der Waals surface area contributed by atoms with Crippen molar-refractivity contribution in [3.63, 3.8) is 0 Å². The van der Waals surface area contributed by atoms with Gasteiger partial charge in [-0.1, -0.05) is 0 Å². The lowest BCUT2D eigenvalue weighted by Gasteiger charge is -2.16. The summed E-state index contributed by atoms with van der Waals surface area (Å²) in [6.07, 6.45) is 4.94. The number of thiazole rings is 1. The van der Waals surface area contributed by atoms with E-state index in [4.69, 9.17) is 14.7 Å². The van der Waals surface area contributed by atoms with E-state index < -0.39 is 5.41 Å². The molecule has 1 aliphatic heterocycles. The molecule has 7 nitrogen and oxygen atoms in total. The molecule has 0 amide bonds. The Kier molecular flexibility index (Phi) is 4.55. The summed E-state index contributed by atoms with van der Waals surface area (Å²) in [7, 11) is 0. The first kappa shape index (κ1) is 18.3. The molecule has 2 aromatic heterocycles. The van der Waals surface area contributed by atoms with E-state index in [1.165, 1.54) is 18.5 Å². The lowest BCUT2D eigenvalue weighted by molar-refractivity contribution is -0.119. The average molecular weight is 407 g/mol. The van der Waals surface area contributed by atoms with Gasteiger partial charge in [-0.05, 0) is 43.9 Å². The lowest BCUT2D eigenvalue weighted by atomic mass is 10.00. The van der Waals surface area contributed by atoms with Gasteiger partial charge >= 0.3 is 0 Å². The second-order valence-electron chi connectivity index (χ2n) is 8.00. The van der Waals surface area contributed by atoms with Gasteiger partial charge in [0, 0.05) is 25.2 Å². The van der Waals surface area contributed by atoms with E-state index in [0.717, 1.165) is 41.2 Å². The molecule has 1 aliphatic carbocycles. The van der Waals surface area contributed by atoms with Crippen LogP contribution in [-0.2, 0) is 17.6 Å². The van der Waals surface area contributed by atoms with E-state index >= 15 is 0 Å². The fourth-order valence-corrected chi connectivity index (χ4v) is 4.80. The maximum absolute atomic E-state index is 12.2. The van der Waals surface area contributed by atoms with E-state index in [0.29, 0.717) is 18.2 Å². The van der Waals surface area contributed by atoms with Crippen LogP contribution in [0, 0.1) is 16.7 Å². The smallest absolute Gasteiger partial charge is 0.223 e. The normalized spacial score (nSPS) is 17.6. The van der Waals surface area contributed by atoms with Crippen molar-refractivity contribution in [2.75, 3.05) is 18.0 Å². The molecule has 0 N–H and O–H groups in total. The third kappa shape index (κ3) is 3.87. The highest BCUT2D eigenvalue weighted by atomic mass is 32.1. The van der Waals surface area contributed by atoms with E-state index in [1.54, 1.807) is 11.3 Å². The maximum atomic E-state index is 12.2. The summed E-state index contributed by atoms with van der Waals surface area (Å²) in [6.45, 7) is 2.23. The van der Waals surface area contributed by atoms with Gasteiger partial charge in [0.25, 0.3) is 0 Å². The van der Waals surface area contributed by atoms with Gasteiger partial charge in [0.1, 0.15) is 10.8 Å². The number of benzene rings is 1. The van der Waals surface area contributed by atoms with Crippen molar-refractivity contribution >= 4 is 33.0 Å². The van der Waals surface area contributed by atoms with Crippen LogP contribution in [0.4, 0.5) is 5.69 Å². The zero-order valence-corrected chi connectivity index (χ0v) is 16.9. The molecule has 0 atom stereocenters. The summed E-state index contributed by atoms with van der Waals surface area (Å²) < 4.78 is 6.80. The fourth-order valence-electron chi connectivity index (χ4n) is 3.86. The van der Waals surface area contributed by atoms with E-state index in [-0.39, 0.29) is 18.6 Å². The van der Waals surface area contributed by atoms with Gasteiger partial charge in [0.15, 0.2) is 0 Å². The topological polar surface area (TPSA) is 95.9 Å². The molecule has 1 aromatic carbocycles. The van der Waals surface area contributed by atoms with Crippen LogP contribution in [-0.4, -0.2) is 34.1 Å². The predicted octanol–water partition coefficient (Wildman–Crippen LogP) is 3.68. The number of rotatable bonds is 7. The molecule has 3 heterocycles. The number of hydrogen-bond donors (Lipinski definition) is 0. The zero-order chi connectivity index (χ0) is 19.8. The number of carbonyl (C=O) groups is 1. The second-order valence-corrected chi connectivity index (χ2v) is 9.12. The average Bonchev–Trinajstić information content (AvgIpc) is 3.13. The monoisotopic (exact) mass is 407 g/mol. The third-order valence-electron chi connectivity index (χ3n) is 5.67. The Hall–Kier alpha value is -2.79. The van der Waals surface area contributed by atoms with Crippen LogP contribution in [0.25, 0.3) is 10.2 Å². The van der Waals surface area contributed by atoms with Gasteiger partial charge in [-0.15, -0.1) is 21.5 Å². The first-order chi connectivity index (χ1) is 14.1. The predicted molar refractivity (Wildman–Crippen MR) is 109 cm³/mol. The summed E-state index contributed by atoms with van der Waals surface area (Å²) in [5, 5.41) is 18.1. The number of nitriles is 1. The first-order valence-electron chi connectivity index (χ1n) is 10.0. The van der Waals surface area contributed by atoms with Crippen LogP contribution in [0.1, 0.15) is 48.9 Å². The Morgan fingerprint density at radius 1 is 1.24 bits per heavy atom. The first-order valence-corrected chi connectivity index (χ1v) is 10.8. The van der Waals surface area contributed by atoms with Crippen LogP contribution in [0.5, 0.6) is 0 Å². The number of carbonyl (C=O) groups excluding carboxylic acids is 1. The molecule has 0 unspecified atom stereocenters. The lowest BCUT2D eigenvalue weighted by Crippen LogP contribution is -2.17. The molecular weight excluding hydrogens is 386 g/mol. The number of ketones is 1. The summed E-state index contributed by atoms with van der Waals surface area (Å²) >= 11 is 1.63. The van der Waals surface area contributed by atoms with Crippen molar-refractivity contribution in [2.45, 2.75) is 44.9 Å². The standard InChI is InChI=1S/C21H21N5O2S/c22-13-21(5-6-21)12-15(27)10-18-24-25-19(28-18)11-20-23-16-9-14(3-4-17(16)29-20)26-7-1-2-8-26/h3-4,9H,1-2,5-8,10-12H2. The van der Waals surface area contributed by atoms with Gasteiger partial charge in [-0.3, -0.25) is 4.79 Å². The van der Waals surface area contributed by atoms with E-state index in [2.05, 4.69) is 39.4 Å². The Morgan fingerprint density at radius 3 is 2.79 bits per heavy atom. The van der Waals surface area contributed by atoms with Gasteiger partial charge in [-0.25, -0.2) is 4.98 Å². The van der Waals surface area contributed by atoms with Crippen molar-refractivity contribution in [3.05, 3.63) is 35.0 Å². The van der Waals surface area contributed by atoms with Crippen molar-refractivity contribution in [1.82, 2.24) is 15.2 Å². The fraction of sp³-hybridized carbons (Fsp3) is 0.476. The molecule has 2 aliphatic rings. The second kappa shape index (κ2) is 7.23. The van der Waals surface area contributed by atoms with Crippen molar-refractivity contribution in [3.8, 4) is 6.07 Å². The summed E-state index contributed by atoms with van der Waals surface area (Å²) in [6, 6.07) is 8.69. The van der Waals surface area contributed by atoms with Gasteiger partial charge in [0.05, 0.1) is 34.5 Å². The molecule has 2 fully saturated rings. The number of anilines is 1. The van der Waals surface area contributed by atoms with Crippen LogP contribution < -0.4 is 4.90 Å². The Bertz CT molecular complexity index is 1100. The molecule has 8 heteroatoms. The van der Waals surface area contributed by atoms with Gasteiger partial charge in [0.2, 0.25) is 11.8 Å². The van der Waals surface area contributed by atoms with Crippen LogP contribution in [0.3, 0.4) is 0 Å². The molecule has 0 spiro atoms. The molecule has 29 heavy (non-hydrogen) atoms. The van der Waals surface area contributed by atoms with Crippen molar-refractivity contribution < 1.29 is 9.21 Å². The summed E-state index contributed by atoms with van der Waals surface area (Å²) in [5.41, 5.74) is 1.79. The minimum atomic E-state index is -0.436. The molecule has 1 saturated heterocycles. The molecule has 3 aromatic rings. The molecular formula is C21H21N5O2S. The minimum absolute atomic E-state index is 0.0197. The molecule has 0 radical (unpaired) electrons. The zero-order valence-electron chi connectivity index (χ0n) is 16.1.